The second-order valence-corrected chi connectivity index (χ2v) is 13.0. The summed E-state index contributed by atoms with van der Waals surface area (Å²) >= 11 is 0. The van der Waals surface area contributed by atoms with Gasteiger partial charge in [0.2, 0.25) is 11.8 Å². The number of para-hydroxylation sites is 1. The third-order valence-electron chi connectivity index (χ3n) is 8.60. The quantitative estimate of drug-likeness (QED) is 0.380. The number of likely N-dealkylation sites (tertiary alicyclic amines) is 2. The van der Waals surface area contributed by atoms with E-state index < -0.39 is 5.60 Å². The fourth-order valence-corrected chi connectivity index (χ4v) is 6.13. The predicted molar refractivity (Wildman–Crippen MR) is 164 cm³/mol. The number of benzene rings is 1. The van der Waals surface area contributed by atoms with E-state index in [0.717, 1.165) is 42.1 Å². The van der Waals surface area contributed by atoms with Gasteiger partial charge in [-0.05, 0) is 83.3 Å². The summed E-state index contributed by atoms with van der Waals surface area (Å²) in [7, 11) is 1.36. The molecule has 10 heteroatoms. The average Bonchev–Trinajstić information content (AvgIpc) is 3.41. The number of nitrogens with one attached hydrogen (secondary N) is 2. The number of carbonyl (C=O) groups is 4. The third kappa shape index (κ3) is 9.46. The topological polar surface area (TPSA) is 121 Å². The molecule has 1 aromatic heterocycles. The number of aryl methyl sites for hydroxylation is 1. The number of methoxy groups -OCH3 is 1. The molecule has 2 atom stereocenters. The molecule has 3 amide bonds. The van der Waals surface area contributed by atoms with E-state index in [1.54, 1.807) is 4.90 Å². The first-order chi connectivity index (χ1) is 20.5. The summed E-state index contributed by atoms with van der Waals surface area (Å²) in [6.45, 7) is 7.95. The molecule has 0 unspecified atom stereocenters. The predicted octanol–water partition coefficient (Wildman–Crippen LogP) is 4.81. The molecule has 0 aliphatic carbocycles. The number of aromatic nitrogens is 1. The summed E-state index contributed by atoms with van der Waals surface area (Å²) in [5.74, 6) is -0.301. The van der Waals surface area contributed by atoms with Crippen LogP contribution in [0, 0.1) is 11.8 Å². The number of hydrogen-bond acceptors (Lipinski definition) is 6. The highest BCUT2D eigenvalue weighted by Gasteiger charge is 2.31. The Balaban J connectivity index is 1.24. The van der Waals surface area contributed by atoms with Crippen molar-refractivity contribution in [2.75, 3.05) is 33.3 Å². The SMILES string of the molecule is COC(=O)C[C@@H](CCc1c[nH]c2ccccc12)NC(=O)[C@@H]1CCCN(C(=O)CCC2CCN(C(=O)OC(C)(C)C)CC2)C1. The monoisotopic (exact) mass is 596 g/mol. The highest BCUT2D eigenvalue weighted by molar-refractivity contribution is 5.83. The fourth-order valence-electron chi connectivity index (χ4n) is 6.13. The molecular formula is C33H48N4O6. The largest absolute Gasteiger partial charge is 0.469 e. The van der Waals surface area contributed by atoms with Crippen molar-refractivity contribution in [2.45, 2.75) is 90.2 Å². The summed E-state index contributed by atoms with van der Waals surface area (Å²) in [4.78, 5) is 57.8. The Morgan fingerprint density at radius 2 is 1.79 bits per heavy atom. The van der Waals surface area contributed by atoms with Crippen LogP contribution in [0.5, 0.6) is 0 Å². The van der Waals surface area contributed by atoms with Crippen molar-refractivity contribution in [3.8, 4) is 0 Å². The zero-order chi connectivity index (χ0) is 31.0. The molecule has 4 rings (SSSR count). The number of piperidine rings is 2. The van der Waals surface area contributed by atoms with Gasteiger partial charge in [0.15, 0.2) is 0 Å². The summed E-state index contributed by atoms with van der Waals surface area (Å²) in [5.41, 5.74) is 1.69. The number of nitrogens with zero attached hydrogens (tertiary/aromatic N) is 2. The van der Waals surface area contributed by atoms with Crippen LogP contribution in [0.1, 0.15) is 77.7 Å². The van der Waals surface area contributed by atoms with Crippen LogP contribution in [0.15, 0.2) is 30.5 Å². The van der Waals surface area contributed by atoms with E-state index in [1.165, 1.54) is 7.11 Å². The van der Waals surface area contributed by atoms with Crippen LogP contribution in [-0.2, 0) is 30.3 Å². The summed E-state index contributed by atoms with van der Waals surface area (Å²) in [6, 6.07) is 7.72. The van der Waals surface area contributed by atoms with Gasteiger partial charge in [-0.3, -0.25) is 14.4 Å². The Bertz CT molecular complexity index is 1260. The number of amides is 3. The van der Waals surface area contributed by atoms with Crippen LogP contribution >= 0.6 is 0 Å². The van der Waals surface area contributed by atoms with Crippen molar-refractivity contribution < 1.29 is 28.7 Å². The van der Waals surface area contributed by atoms with Gasteiger partial charge in [-0.1, -0.05) is 18.2 Å². The van der Waals surface area contributed by atoms with Gasteiger partial charge in [0.05, 0.1) is 19.4 Å². The zero-order valence-electron chi connectivity index (χ0n) is 26.2. The average molecular weight is 597 g/mol. The lowest BCUT2D eigenvalue weighted by atomic mass is 9.91. The maximum atomic E-state index is 13.3. The normalized spacial score (nSPS) is 18.7. The molecule has 2 aliphatic heterocycles. The van der Waals surface area contributed by atoms with Crippen LogP contribution in [0.3, 0.4) is 0 Å². The molecular weight excluding hydrogens is 548 g/mol. The highest BCUT2D eigenvalue weighted by Crippen LogP contribution is 2.26. The van der Waals surface area contributed by atoms with Crippen LogP contribution in [-0.4, -0.2) is 83.6 Å². The van der Waals surface area contributed by atoms with Gasteiger partial charge in [0.25, 0.3) is 0 Å². The zero-order valence-corrected chi connectivity index (χ0v) is 26.2. The molecule has 2 saturated heterocycles. The van der Waals surface area contributed by atoms with E-state index >= 15 is 0 Å². The van der Waals surface area contributed by atoms with Gasteiger partial charge < -0.3 is 29.6 Å². The van der Waals surface area contributed by atoms with Crippen LogP contribution < -0.4 is 5.32 Å². The minimum atomic E-state index is -0.510. The van der Waals surface area contributed by atoms with Crippen molar-refractivity contribution in [1.82, 2.24) is 20.1 Å². The Kier molecular flexibility index (Phi) is 11.1. The molecule has 2 aliphatic rings. The molecule has 0 saturated carbocycles. The third-order valence-corrected chi connectivity index (χ3v) is 8.60. The first-order valence-electron chi connectivity index (χ1n) is 15.7. The van der Waals surface area contributed by atoms with E-state index in [1.807, 2.05) is 50.1 Å². The molecule has 10 nitrogen and oxygen atoms in total. The van der Waals surface area contributed by atoms with Gasteiger partial charge >= 0.3 is 12.1 Å². The molecule has 0 bridgehead atoms. The van der Waals surface area contributed by atoms with Gasteiger partial charge in [-0.15, -0.1) is 0 Å². The van der Waals surface area contributed by atoms with Crippen molar-refractivity contribution in [3.05, 3.63) is 36.0 Å². The smallest absolute Gasteiger partial charge is 0.410 e. The lowest BCUT2D eigenvalue weighted by Gasteiger charge is -2.35. The summed E-state index contributed by atoms with van der Waals surface area (Å²) < 4.78 is 10.4. The van der Waals surface area contributed by atoms with E-state index in [0.29, 0.717) is 57.8 Å². The van der Waals surface area contributed by atoms with Crippen LogP contribution in [0.25, 0.3) is 10.9 Å². The van der Waals surface area contributed by atoms with Crippen molar-refractivity contribution in [2.24, 2.45) is 11.8 Å². The number of hydrogen-bond donors (Lipinski definition) is 2. The highest BCUT2D eigenvalue weighted by atomic mass is 16.6. The maximum Gasteiger partial charge on any atom is 0.410 e. The number of esters is 1. The molecule has 2 fully saturated rings. The molecule has 2 aromatic rings. The Morgan fingerprint density at radius 1 is 1.05 bits per heavy atom. The number of H-pyrrole nitrogens is 1. The number of aromatic amines is 1. The molecule has 43 heavy (non-hydrogen) atoms. The fraction of sp³-hybridized carbons (Fsp3) is 0.636. The standard InChI is InChI=1S/C33H48N4O6/c1-33(2,3)43-32(41)36-18-15-23(16-19-36)11-14-29(38)37-17-7-8-25(22-37)31(40)35-26(20-30(39)42-4)13-12-24-21-34-28-10-6-5-9-27(24)28/h5-6,9-10,21,23,25-26,34H,7-8,11-20,22H2,1-4H3,(H,35,40)/t25-,26-/m1/s1. The summed E-state index contributed by atoms with van der Waals surface area (Å²) in [6.07, 6.45) is 7.55. The van der Waals surface area contributed by atoms with Crippen LogP contribution in [0.2, 0.25) is 0 Å². The van der Waals surface area contributed by atoms with Gasteiger partial charge in [-0.25, -0.2) is 4.79 Å². The first kappa shape index (κ1) is 32.4. The second kappa shape index (κ2) is 14.8. The Labute approximate surface area is 254 Å². The lowest BCUT2D eigenvalue weighted by Crippen LogP contribution is -2.48. The molecule has 0 spiro atoms. The second-order valence-electron chi connectivity index (χ2n) is 13.0. The number of carbonyl (C=O) groups excluding carboxylic acids is 4. The van der Waals surface area contributed by atoms with E-state index in [2.05, 4.69) is 16.4 Å². The lowest BCUT2D eigenvalue weighted by molar-refractivity contribution is -0.141. The number of rotatable bonds is 10. The molecule has 3 heterocycles. The minimum absolute atomic E-state index is 0.0810. The van der Waals surface area contributed by atoms with Crippen molar-refractivity contribution in [1.29, 1.82) is 0 Å². The van der Waals surface area contributed by atoms with Crippen LogP contribution in [0.4, 0.5) is 4.79 Å². The minimum Gasteiger partial charge on any atom is -0.469 e. The molecule has 0 radical (unpaired) electrons. The Hall–Kier alpha value is -3.56. The van der Waals surface area contributed by atoms with E-state index in [4.69, 9.17) is 9.47 Å². The van der Waals surface area contributed by atoms with Gasteiger partial charge in [0, 0.05) is 55.7 Å². The van der Waals surface area contributed by atoms with Crippen molar-refractivity contribution >= 4 is 34.8 Å². The number of fused-ring (bicyclic) bond motifs is 1. The Morgan fingerprint density at radius 3 is 2.51 bits per heavy atom. The van der Waals surface area contributed by atoms with Crippen molar-refractivity contribution in [3.63, 3.8) is 0 Å². The number of ether oxygens (including phenoxy) is 2. The summed E-state index contributed by atoms with van der Waals surface area (Å²) in [5, 5.41) is 4.24. The first-order valence-corrected chi connectivity index (χ1v) is 15.7. The maximum absolute atomic E-state index is 13.3. The molecule has 1 aromatic carbocycles. The van der Waals surface area contributed by atoms with E-state index in [-0.39, 0.29) is 42.3 Å². The molecule has 236 valence electrons. The van der Waals surface area contributed by atoms with Gasteiger partial charge in [0.1, 0.15) is 5.60 Å². The molecule has 2 N–H and O–H groups in total. The van der Waals surface area contributed by atoms with Gasteiger partial charge in [-0.2, -0.15) is 0 Å². The van der Waals surface area contributed by atoms with E-state index in [9.17, 15) is 19.2 Å².